The summed E-state index contributed by atoms with van der Waals surface area (Å²) >= 11 is 5.63. The highest BCUT2D eigenvalue weighted by Gasteiger charge is 2.07. The summed E-state index contributed by atoms with van der Waals surface area (Å²) in [7, 11) is 0. The molecule has 1 aromatic carbocycles. The Kier molecular flexibility index (Phi) is 1.26. The number of rotatable bonds is 0. The number of para-hydroxylation sites is 1. The Morgan fingerprint density at radius 3 is 3.00 bits per heavy atom. The lowest BCUT2D eigenvalue weighted by atomic mass is 10.2. The van der Waals surface area contributed by atoms with Crippen molar-refractivity contribution in [2.24, 2.45) is 0 Å². The van der Waals surface area contributed by atoms with Gasteiger partial charge in [-0.2, -0.15) is 0 Å². The Labute approximate surface area is 67.2 Å². The summed E-state index contributed by atoms with van der Waals surface area (Å²) in [5.41, 5.74) is 0.331. The van der Waals surface area contributed by atoms with Gasteiger partial charge < -0.3 is 9.63 Å². The van der Waals surface area contributed by atoms with Gasteiger partial charge in [0.05, 0.1) is 5.39 Å². The van der Waals surface area contributed by atoms with Gasteiger partial charge in [-0.05, 0) is 12.1 Å². The number of phenolic OH excluding ortho intramolecular Hbond substituents is 1. The maximum atomic E-state index is 9.19. The number of aromatic hydroxyl groups is 1. The van der Waals surface area contributed by atoms with E-state index in [4.69, 9.17) is 16.1 Å². The molecule has 0 aliphatic heterocycles. The molecule has 0 spiro atoms. The quantitative estimate of drug-likeness (QED) is 0.658. The third-order valence-corrected chi connectivity index (χ3v) is 1.71. The number of phenols is 1. The van der Waals surface area contributed by atoms with Crippen LogP contribution in [-0.2, 0) is 0 Å². The highest BCUT2D eigenvalue weighted by molar-refractivity contribution is 6.34. The van der Waals surface area contributed by atoms with Crippen LogP contribution in [0.1, 0.15) is 0 Å². The maximum Gasteiger partial charge on any atom is 0.209 e. The molecule has 0 saturated heterocycles. The largest absolute Gasteiger partial charge is 0.504 e. The van der Waals surface area contributed by atoms with Gasteiger partial charge in [-0.25, -0.2) is 0 Å². The monoisotopic (exact) mass is 169 g/mol. The average molecular weight is 170 g/mol. The van der Waals surface area contributed by atoms with E-state index in [0.29, 0.717) is 11.0 Å². The third-order valence-electron chi connectivity index (χ3n) is 1.43. The topological polar surface area (TPSA) is 46.3 Å². The predicted molar refractivity (Wildman–Crippen MR) is 40.7 cm³/mol. The van der Waals surface area contributed by atoms with Crippen molar-refractivity contribution in [1.29, 1.82) is 0 Å². The molecule has 0 bridgehead atoms. The average Bonchev–Trinajstić information content (AvgIpc) is 2.35. The van der Waals surface area contributed by atoms with Crippen LogP contribution in [0.2, 0.25) is 5.15 Å². The van der Waals surface area contributed by atoms with Gasteiger partial charge in [-0.3, -0.25) is 0 Å². The first kappa shape index (κ1) is 6.49. The van der Waals surface area contributed by atoms with Crippen LogP contribution in [0.15, 0.2) is 22.7 Å². The van der Waals surface area contributed by atoms with Crippen LogP contribution in [-0.4, -0.2) is 10.3 Å². The van der Waals surface area contributed by atoms with Gasteiger partial charge in [0.15, 0.2) is 10.9 Å². The number of hydrogen-bond donors (Lipinski definition) is 1. The Bertz CT molecular complexity index is 396. The zero-order valence-corrected chi connectivity index (χ0v) is 6.17. The molecule has 11 heavy (non-hydrogen) atoms. The number of aromatic nitrogens is 1. The first-order valence-corrected chi connectivity index (χ1v) is 3.39. The third kappa shape index (κ3) is 0.851. The molecule has 0 aliphatic rings. The molecular formula is C7H4ClNO2. The van der Waals surface area contributed by atoms with Crippen LogP contribution in [0.3, 0.4) is 0 Å². The fraction of sp³-hybridized carbons (Fsp3) is 0. The molecule has 1 N–H and O–H groups in total. The predicted octanol–water partition coefficient (Wildman–Crippen LogP) is 2.19. The van der Waals surface area contributed by atoms with Gasteiger partial charge in [-0.15, -0.1) is 0 Å². The number of benzene rings is 1. The van der Waals surface area contributed by atoms with E-state index in [1.54, 1.807) is 12.1 Å². The lowest BCUT2D eigenvalue weighted by Crippen LogP contribution is -1.65. The molecule has 2 rings (SSSR count). The molecule has 0 radical (unpaired) electrons. The summed E-state index contributed by atoms with van der Waals surface area (Å²) in [5, 5.41) is 13.6. The summed E-state index contributed by atoms with van der Waals surface area (Å²) in [6, 6.07) is 4.93. The van der Waals surface area contributed by atoms with E-state index in [-0.39, 0.29) is 10.9 Å². The van der Waals surface area contributed by atoms with Gasteiger partial charge in [0.1, 0.15) is 0 Å². The van der Waals surface area contributed by atoms with Crippen molar-refractivity contribution in [3.63, 3.8) is 0 Å². The van der Waals surface area contributed by atoms with Crippen molar-refractivity contribution < 1.29 is 9.63 Å². The van der Waals surface area contributed by atoms with Crippen molar-refractivity contribution in [2.45, 2.75) is 0 Å². The molecule has 0 aliphatic carbocycles. The summed E-state index contributed by atoms with van der Waals surface area (Å²) in [5.74, 6) is 0.0573. The van der Waals surface area contributed by atoms with Gasteiger partial charge in [0.25, 0.3) is 0 Å². The Hall–Kier alpha value is -1.22. The van der Waals surface area contributed by atoms with Gasteiger partial charge >= 0.3 is 0 Å². The smallest absolute Gasteiger partial charge is 0.209 e. The molecule has 0 saturated carbocycles. The minimum Gasteiger partial charge on any atom is -0.504 e. The van der Waals surface area contributed by atoms with Crippen LogP contribution in [0.25, 0.3) is 11.0 Å². The molecule has 0 amide bonds. The Morgan fingerprint density at radius 1 is 1.45 bits per heavy atom. The summed E-state index contributed by atoms with van der Waals surface area (Å²) < 4.78 is 4.75. The standard InChI is InChI=1S/C7H4ClNO2/c8-7-4-2-1-3-5(10)6(4)11-9-7/h1-3,10H. The molecule has 0 unspecified atom stereocenters. The summed E-state index contributed by atoms with van der Waals surface area (Å²) in [4.78, 5) is 0. The Morgan fingerprint density at radius 2 is 2.27 bits per heavy atom. The summed E-state index contributed by atoms with van der Waals surface area (Å²) in [6.07, 6.45) is 0. The van der Waals surface area contributed by atoms with Crippen molar-refractivity contribution in [3.05, 3.63) is 23.4 Å². The van der Waals surface area contributed by atoms with Gasteiger partial charge in [0.2, 0.25) is 5.58 Å². The van der Waals surface area contributed by atoms with E-state index in [9.17, 15) is 5.11 Å². The summed E-state index contributed by atoms with van der Waals surface area (Å²) in [6.45, 7) is 0. The van der Waals surface area contributed by atoms with E-state index in [0.717, 1.165) is 0 Å². The van der Waals surface area contributed by atoms with Crippen LogP contribution in [0, 0.1) is 0 Å². The molecule has 1 heterocycles. The SMILES string of the molecule is Oc1cccc2c(Cl)noc12. The van der Waals surface area contributed by atoms with Crippen LogP contribution < -0.4 is 0 Å². The number of nitrogens with zero attached hydrogens (tertiary/aromatic N) is 1. The molecule has 0 atom stereocenters. The highest BCUT2D eigenvalue weighted by atomic mass is 35.5. The minimum absolute atomic E-state index is 0.0573. The maximum absolute atomic E-state index is 9.19. The first-order chi connectivity index (χ1) is 5.29. The number of fused-ring (bicyclic) bond motifs is 1. The molecule has 56 valence electrons. The first-order valence-electron chi connectivity index (χ1n) is 3.02. The van der Waals surface area contributed by atoms with Crippen LogP contribution in [0.4, 0.5) is 0 Å². The van der Waals surface area contributed by atoms with Gasteiger partial charge in [0, 0.05) is 0 Å². The molecule has 3 nitrogen and oxygen atoms in total. The lowest BCUT2D eigenvalue weighted by molar-refractivity contribution is 0.422. The lowest BCUT2D eigenvalue weighted by Gasteiger charge is -1.88. The number of halogens is 1. The minimum atomic E-state index is 0.0573. The van der Waals surface area contributed by atoms with Crippen molar-refractivity contribution >= 4 is 22.6 Å². The molecule has 4 heteroatoms. The van der Waals surface area contributed by atoms with Crippen molar-refractivity contribution in [2.75, 3.05) is 0 Å². The molecule has 0 fully saturated rings. The second-order valence-corrected chi connectivity index (χ2v) is 2.49. The van der Waals surface area contributed by atoms with Crippen molar-refractivity contribution in [1.82, 2.24) is 5.16 Å². The highest BCUT2D eigenvalue weighted by Crippen LogP contribution is 2.28. The van der Waals surface area contributed by atoms with Crippen LogP contribution in [0.5, 0.6) is 5.75 Å². The zero-order chi connectivity index (χ0) is 7.84. The Balaban J connectivity index is 2.94. The van der Waals surface area contributed by atoms with E-state index in [1.807, 2.05) is 0 Å². The second-order valence-electron chi connectivity index (χ2n) is 2.13. The molecule has 1 aromatic heterocycles. The van der Waals surface area contributed by atoms with E-state index in [2.05, 4.69) is 5.16 Å². The van der Waals surface area contributed by atoms with E-state index < -0.39 is 0 Å². The zero-order valence-electron chi connectivity index (χ0n) is 5.41. The normalized spacial score (nSPS) is 10.6. The fourth-order valence-electron chi connectivity index (χ4n) is 0.918. The molecular weight excluding hydrogens is 166 g/mol. The molecule has 2 aromatic rings. The second kappa shape index (κ2) is 2.13. The van der Waals surface area contributed by atoms with Gasteiger partial charge in [-0.1, -0.05) is 22.8 Å². The number of hydrogen-bond acceptors (Lipinski definition) is 3. The fourth-order valence-corrected chi connectivity index (χ4v) is 1.10. The van der Waals surface area contributed by atoms with Crippen LogP contribution >= 0.6 is 11.6 Å². The van der Waals surface area contributed by atoms with Crippen molar-refractivity contribution in [3.8, 4) is 5.75 Å². The van der Waals surface area contributed by atoms with E-state index >= 15 is 0 Å². The van der Waals surface area contributed by atoms with E-state index in [1.165, 1.54) is 6.07 Å².